The first kappa shape index (κ1) is 14.0. The Morgan fingerprint density at radius 2 is 2.17 bits per heavy atom. The van der Waals surface area contributed by atoms with Crippen molar-refractivity contribution >= 4 is 11.7 Å². The molecule has 0 amide bonds. The maximum absolute atomic E-state index is 10.9. The van der Waals surface area contributed by atoms with Gasteiger partial charge in [-0.05, 0) is 19.4 Å². The van der Waals surface area contributed by atoms with Gasteiger partial charge < -0.3 is 9.47 Å². The Morgan fingerprint density at radius 3 is 2.78 bits per heavy atom. The van der Waals surface area contributed by atoms with Crippen molar-refractivity contribution < 1.29 is 19.2 Å². The van der Waals surface area contributed by atoms with Gasteiger partial charge in [0.25, 0.3) is 5.69 Å². The molecule has 0 aromatic heterocycles. The molecule has 0 aliphatic heterocycles. The van der Waals surface area contributed by atoms with E-state index in [1.54, 1.807) is 19.1 Å². The number of carbonyl (C=O) groups excluding carboxylic acids is 1. The highest BCUT2D eigenvalue weighted by molar-refractivity contribution is 5.69. The molecule has 1 aromatic rings. The minimum atomic E-state index is -0.448. The number of methoxy groups -OCH3 is 1. The lowest BCUT2D eigenvalue weighted by Crippen LogP contribution is -2.05. The number of esters is 1. The van der Waals surface area contributed by atoms with E-state index >= 15 is 0 Å². The third kappa shape index (κ3) is 3.73. The van der Waals surface area contributed by atoms with Gasteiger partial charge in [0.15, 0.2) is 0 Å². The quantitative estimate of drug-likeness (QED) is 0.336. The lowest BCUT2D eigenvalue weighted by atomic mass is 10.2. The van der Waals surface area contributed by atoms with Crippen molar-refractivity contribution in [3.8, 4) is 5.75 Å². The van der Waals surface area contributed by atoms with Gasteiger partial charge in [-0.1, -0.05) is 6.07 Å². The fourth-order valence-electron chi connectivity index (χ4n) is 1.46. The predicted molar refractivity (Wildman–Crippen MR) is 64.6 cm³/mol. The molecule has 1 aromatic carbocycles. The van der Waals surface area contributed by atoms with Crippen molar-refractivity contribution in [2.24, 2.45) is 0 Å². The molecule has 0 saturated heterocycles. The first-order valence-electron chi connectivity index (χ1n) is 5.50. The van der Waals surface area contributed by atoms with Crippen LogP contribution < -0.4 is 4.74 Å². The second-order valence-corrected chi connectivity index (χ2v) is 3.69. The van der Waals surface area contributed by atoms with Gasteiger partial charge in [0.1, 0.15) is 5.75 Å². The Balaban J connectivity index is 2.55. The SMILES string of the molecule is COC(=O)CCCOc1cccc([N+](=O)[O-])c1C. The van der Waals surface area contributed by atoms with Crippen LogP contribution in [0, 0.1) is 17.0 Å². The van der Waals surface area contributed by atoms with Crippen LogP contribution in [0.1, 0.15) is 18.4 Å². The summed E-state index contributed by atoms with van der Waals surface area (Å²) in [6.45, 7) is 1.95. The fraction of sp³-hybridized carbons (Fsp3) is 0.417. The van der Waals surface area contributed by atoms with Gasteiger partial charge in [0.2, 0.25) is 0 Å². The molecule has 0 unspecified atom stereocenters. The molecule has 0 radical (unpaired) electrons. The number of ether oxygens (including phenoxy) is 2. The molecule has 0 fully saturated rings. The zero-order valence-corrected chi connectivity index (χ0v) is 10.3. The molecule has 18 heavy (non-hydrogen) atoms. The van der Waals surface area contributed by atoms with Crippen LogP contribution in [0.25, 0.3) is 0 Å². The zero-order valence-electron chi connectivity index (χ0n) is 10.3. The summed E-state index contributed by atoms with van der Waals surface area (Å²) >= 11 is 0. The smallest absolute Gasteiger partial charge is 0.305 e. The molecule has 0 spiro atoms. The van der Waals surface area contributed by atoms with Crippen LogP contribution in [0.15, 0.2) is 18.2 Å². The van der Waals surface area contributed by atoms with Gasteiger partial charge in [-0.25, -0.2) is 0 Å². The molecule has 0 aliphatic rings. The first-order chi connectivity index (χ1) is 8.56. The van der Waals surface area contributed by atoms with Crippen molar-refractivity contribution in [1.82, 2.24) is 0 Å². The molecule has 0 bridgehead atoms. The van der Waals surface area contributed by atoms with Crippen molar-refractivity contribution in [3.63, 3.8) is 0 Å². The predicted octanol–water partition coefficient (Wildman–Crippen LogP) is 2.24. The molecule has 0 saturated carbocycles. The number of hydrogen-bond donors (Lipinski definition) is 0. The van der Waals surface area contributed by atoms with Crippen LogP contribution in [-0.4, -0.2) is 24.6 Å². The molecule has 98 valence electrons. The lowest BCUT2D eigenvalue weighted by Gasteiger charge is -2.08. The molecular weight excluding hydrogens is 238 g/mol. The van der Waals surface area contributed by atoms with Crippen molar-refractivity contribution in [3.05, 3.63) is 33.9 Å². The van der Waals surface area contributed by atoms with E-state index in [2.05, 4.69) is 4.74 Å². The zero-order chi connectivity index (χ0) is 13.5. The van der Waals surface area contributed by atoms with E-state index in [1.807, 2.05) is 0 Å². The third-order valence-electron chi connectivity index (χ3n) is 2.46. The van der Waals surface area contributed by atoms with Crippen LogP contribution in [0.2, 0.25) is 0 Å². The Labute approximate surface area is 105 Å². The standard InChI is InChI=1S/C12H15NO5/c1-9-10(13(15)16)5-3-6-11(9)18-8-4-7-12(14)17-2/h3,5-6H,4,7-8H2,1-2H3. The summed E-state index contributed by atoms with van der Waals surface area (Å²) in [4.78, 5) is 21.1. The van der Waals surface area contributed by atoms with E-state index in [4.69, 9.17) is 4.74 Å². The highest BCUT2D eigenvalue weighted by Crippen LogP contribution is 2.26. The fourth-order valence-corrected chi connectivity index (χ4v) is 1.46. The lowest BCUT2D eigenvalue weighted by molar-refractivity contribution is -0.385. The largest absolute Gasteiger partial charge is 0.493 e. The topological polar surface area (TPSA) is 78.7 Å². The number of hydrogen-bond acceptors (Lipinski definition) is 5. The van der Waals surface area contributed by atoms with Crippen LogP contribution in [0.5, 0.6) is 5.75 Å². The van der Waals surface area contributed by atoms with E-state index in [9.17, 15) is 14.9 Å². The van der Waals surface area contributed by atoms with Gasteiger partial charge in [0.05, 0.1) is 24.2 Å². The Morgan fingerprint density at radius 1 is 1.44 bits per heavy atom. The second-order valence-electron chi connectivity index (χ2n) is 3.69. The van der Waals surface area contributed by atoms with E-state index in [0.717, 1.165) is 0 Å². The van der Waals surface area contributed by atoms with E-state index in [-0.39, 0.29) is 18.1 Å². The van der Waals surface area contributed by atoms with Crippen molar-refractivity contribution in [2.75, 3.05) is 13.7 Å². The molecule has 6 heteroatoms. The highest BCUT2D eigenvalue weighted by atomic mass is 16.6. The van der Waals surface area contributed by atoms with E-state index < -0.39 is 4.92 Å². The minimum absolute atomic E-state index is 0.0282. The van der Waals surface area contributed by atoms with Gasteiger partial charge in [-0.15, -0.1) is 0 Å². The highest BCUT2D eigenvalue weighted by Gasteiger charge is 2.13. The van der Waals surface area contributed by atoms with Crippen molar-refractivity contribution in [1.29, 1.82) is 0 Å². The summed E-state index contributed by atoms with van der Waals surface area (Å²) in [6.07, 6.45) is 0.777. The van der Waals surface area contributed by atoms with Crippen LogP contribution in [0.4, 0.5) is 5.69 Å². The van der Waals surface area contributed by atoms with E-state index in [0.29, 0.717) is 24.3 Å². The molecule has 0 heterocycles. The number of nitro groups is 1. The summed E-state index contributed by atoms with van der Waals surface area (Å²) in [5.41, 5.74) is 0.515. The number of nitrogens with zero attached hydrogens (tertiary/aromatic N) is 1. The third-order valence-corrected chi connectivity index (χ3v) is 2.46. The summed E-state index contributed by atoms with van der Waals surface area (Å²) in [5.74, 6) is 0.170. The number of rotatable bonds is 6. The monoisotopic (exact) mass is 253 g/mol. The average Bonchev–Trinajstić information content (AvgIpc) is 2.35. The normalized spacial score (nSPS) is 9.89. The Bertz CT molecular complexity index is 444. The summed E-state index contributed by atoms with van der Waals surface area (Å²) < 4.78 is 9.90. The number of nitro benzene ring substituents is 1. The molecule has 1 rings (SSSR count). The van der Waals surface area contributed by atoms with Gasteiger partial charge in [-0.3, -0.25) is 14.9 Å². The van der Waals surface area contributed by atoms with Crippen LogP contribution in [-0.2, 0) is 9.53 Å². The minimum Gasteiger partial charge on any atom is -0.493 e. The molecule has 0 aliphatic carbocycles. The number of carbonyl (C=O) groups is 1. The number of benzene rings is 1. The molecule has 6 nitrogen and oxygen atoms in total. The van der Waals surface area contributed by atoms with Gasteiger partial charge in [-0.2, -0.15) is 0 Å². The first-order valence-corrected chi connectivity index (χ1v) is 5.50. The summed E-state index contributed by atoms with van der Waals surface area (Å²) in [6, 6.07) is 4.66. The Kier molecular flexibility index (Phi) is 5.10. The second kappa shape index (κ2) is 6.58. The maximum atomic E-state index is 10.9. The summed E-state index contributed by atoms with van der Waals surface area (Å²) in [5, 5.41) is 10.7. The average molecular weight is 253 g/mol. The Hall–Kier alpha value is -2.11. The van der Waals surface area contributed by atoms with Crippen LogP contribution >= 0.6 is 0 Å². The van der Waals surface area contributed by atoms with Crippen LogP contribution in [0.3, 0.4) is 0 Å². The van der Waals surface area contributed by atoms with Gasteiger partial charge in [0, 0.05) is 12.5 Å². The summed E-state index contributed by atoms with van der Waals surface area (Å²) in [7, 11) is 1.33. The molecule has 0 N–H and O–H groups in total. The van der Waals surface area contributed by atoms with Crippen molar-refractivity contribution in [2.45, 2.75) is 19.8 Å². The van der Waals surface area contributed by atoms with Gasteiger partial charge >= 0.3 is 5.97 Å². The van der Waals surface area contributed by atoms with E-state index in [1.165, 1.54) is 13.2 Å². The molecular formula is C12H15NO5. The maximum Gasteiger partial charge on any atom is 0.305 e. The molecule has 0 atom stereocenters.